The zero-order valence-corrected chi connectivity index (χ0v) is 10.0. The number of halogens is 1. The topological polar surface area (TPSA) is 46.5 Å². The van der Waals surface area contributed by atoms with Crippen molar-refractivity contribution in [3.05, 3.63) is 64.7 Å². The summed E-state index contributed by atoms with van der Waals surface area (Å²) in [5.41, 5.74) is 1.07. The monoisotopic (exact) mass is 257 g/mol. The Kier molecular flexibility index (Phi) is 3.68. The van der Waals surface area contributed by atoms with Gasteiger partial charge in [-0.25, -0.2) is 4.79 Å². The lowest BCUT2D eigenvalue weighted by atomic mass is 10.0. The van der Waals surface area contributed by atoms with E-state index in [4.69, 9.17) is 11.6 Å². The summed E-state index contributed by atoms with van der Waals surface area (Å²) in [6, 6.07) is 13.3. The SMILES string of the molecule is O=C=Nc1ccc(Cl)cc1C(=O)c1ccccc1. The van der Waals surface area contributed by atoms with Crippen LogP contribution in [0.3, 0.4) is 0 Å². The van der Waals surface area contributed by atoms with Crippen LogP contribution in [0.2, 0.25) is 5.02 Å². The lowest BCUT2D eigenvalue weighted by Gasteiger charge is -2.04. The van der Waals surface area contributed by atoms with Crippen LogP contribution in [0, 0.1) is 0 Å². The zero-order chi connectivity index (χ0) is 13.0. The van der Waals surface area contributed by atoms with Gasteiger partial charge in [0.05, 0.1) is 11.3 Å². The summed E-state index contributed by atoms with van der Waals surface area (Å²) in [5, 5.41) is 0.416. The number of isocyanates is 1. The fourth-order valence-corrected chi connectivity index (χ4v) is 1.75. The fourth-order valence-electron chi connectivity index (χ4n) is 1.58. The minimum Gasteiger partial charge on any atom is -0.289 e. The molecule has 3 nitrogen and oxygen atoms in total. The Bertz CT molecular complexity index is 631. The Labute approximate surface area is 109 Å². The number of hydrogen-bond donors (Lipinski definition) is 0. The standard InChI is InChI=1S/C14H8ClNO2/c15-11-6-7-13(16-9-17)12(8-11)14(18)10-4-2-1-3-5-10/h1-8H. The molecule has 0 aliphatic heterocycles. The average Bonchev–Trinajstić information content (AvgIpc) is 2.41. The molecule has 0 aliphatic carbocycles. The van der Waals surface area contributed by atoms with Gasteiger partial charge in [0.1, 0.15) is 0 Å². The van der Waals surface area contributed by atoms with Crippen LogP contribution in [0.15, 0.2) is 53.5 Å². The number of benzene rings is 2. The molecule has 0 bridgehead atoms. The van der Waals surface area contributed by atoms with Gasteiger partial charge in [0.25, 0.3) is 0 Å². The van der Waals surface area contributed by atoms with Gasteiger partial charge in [-0.2, -0.15) is 4.99 Å². The normalized spacial score (nSPS) is 9.61. The minimum atomic E-state index is -0.230. The maximum absolute atomic E-state index is 12.2. The van der Waals surface area contributed by atoms with E-state index in [-0.39, 0.29) is 17.0 Å². The first-order chi connectivity index (χ1) is 8.72. The van der Waals surface area contributed by atoms with Crippen LogP contribution < -0.4 is 0 Å². The number of nitrogens with zero attached hydrogens (tertiary/aromatic N) is 1. The van der Waals surface area contributed by atoms with Crippen molar-refractivity contribution in [1.82, 2.24) is 0 Å². The van der Waals surface area contributed by atoms with Crippen molar-refractivity contribution < 1.29 is 9.59 Å². The average molecular weight is 258 g/mol. The Morgan fingerprint density at radius 1 is 1.11 bits per heavy atom. The first-order valence-corrected chi connectivity index (χ1v) is 5.57. The highest BCUT2D eigenvalue weighted by Crippen LogP contribution is 2.25. The molecule has 0 radical (unpaired) electrons. The van der Waals surface area contributed by atoms with E-state index in [1.165, 1.54) is 18.2 Å². The van der Waals surface area contributed by atoms with Crippen LogP contribution in [0.25, 0.3) is 0 Å². The van der Waals surface area contributed by atoms with Crippen LogP contribution >= 0.6 is 11.6 Å². The van der Waals surface area contributed by atoms with E-state index in [1.807, 2.05) is 6.07 Å². The number of aliphatic imine (C=N–C) groups is 1. The quantitative estimate of drug-likeness (QED) is 0.480. The van der Waals surface area contributed by atoms with Gasteiger partial charge in [-0.1, -0.05) is 41.9 Å². The molecule has 18 heavy (non-hydrogen) atoms. The lowest BCUT2D eigenvalue weighted by Crippen LogP contribution is -2.01. The molecule has 88 valence electrons. The Morgan fingerprint density at radius 3 is 2.50 bits per heavy atom. The van der Waals surface area contributed by atoms with E-state index in [0.717, 1.165) is 0 Å². The second-order valence-corrected chi connectivity index (χ2v) is 4.00. The summed E-state index contributed by atoms with van der Waals surface area (Å²) < 4.78 is 0. The molecule has 0 fully saturated rings. The van der Waals surface area contributed by atoms with E-state index in [1.54, 1.807) is 30.3 Å². The zero-order valence-electron chi connectivity index (χ0n) is 9.26. The van der Waals surface area contributed by atoms with Gasteiger partial charge in [-0.3, -0.25) is 4.79 Å². The van der Waals surface area contributed by atoms with Crippen LogP contribution in [0.1, 0.15) is 15.9 Å². The van der Waals surface area contributed by atoms with Crippen molar-refractivity contribution >= 4 is 29.2 Å². The lowest BCUT2D eigenvalue weighted by molar-refractivity contribution is 0.103. The van der Waals surface area contributed by atoms with Gasteiger partial charge in [0.15, 0.2) is 5.78 Å². The highest BCUT2D eigenvalue weighted by Gasteiger charge is 2.13. The molecule has 2 aromatic carbocycles. The number of rotatable bonds is 3. The van der Waals surface area contributed by atoms with Gasteiger partial charge in [-0.15, -0.1) is 0 Å². The maximum Gasteiger partial charge on any atom is 0.240 e. The fraction of sp³-hybridized carbons (Fsp3) is 0. The van der Waals surface area contributed by atoms with Crippen LogP contribution in [-0.4, -0.2) is 11.9 Å². The molecule has 0 atom stereocenters. The van der Waals surface area contributed by atoms with E-state index >= 15 is 0 Å². The summed E-state index contributed by atoms with van der Waals surface area (Å²) in [4.78, 5) is 26.1. The number of carbonyl (C=O) groups is 1. The summed E-state index contributed by atoms with van der Waals surface area (Å²) in [5.74, 6) is -0.230. The highest BCUT2D eigenvalue weighted by atomic mass is 35.5. The molecule has 0 saturated heterocycles. The van der Waals surface area contributed by atoms with Gasteiger partial charge < -0.3 is 0 Å². The van der Waals surface area contributed by atoms with E-state index in [9.17, 15) is 9.59 Å². The molecule has 0 aliphatic rings. The molecule has 4 heteroatoms. The second kappa shape index (κ2) is 5.41. The molecule has 2 aromatic rings. The van der Waals surface area contributed by atoms with E-state index in [0.29, 0.717) is 10.6 Å². The van der Waals surface area contributed by atoms with Crippen molar-refractivity contribution in [3.8, 4) is 0 Å². The van der Waals surface area contributed by atoms with Gasteiger partial charge in [0.2, 0.25) is 6.08 Å². The molecule has 0 amide bonds. The van der Waals surface area contributed by atoms with Crippen molar-refractivity contribution in [2.24, 2.45) is 4.99 Å². The van der Waals surface area contributed by atoms with E-state index < -0.39 is 0 Å². The summed E-state index contributed by atoms with van der Waals surface area (Å²) in [6.45, 7) is 0. The van der Waals surface area contributed by atoms with Crippen molar-refractivity contribution in [2.75, 3.05) is 0 Å². The second-order valence-electron chi connectivity index (χ2n) is 3.56. The smallest absolute Gasteiger partial charge is 0.240 e. The molecule has 0 unspecified atom stereocenters. The number of ketones is 1. The first-order valence-electron chi connectivity index (χ1n) is 5.19. The molecule has 0 aromatic heterocycles. The van der Waals surface area contributed by atoms with Gasteiger partial charge in [0, 0.05) is 10.6 Å². The Morgan fingerprint density at radius 2 is 1.83 bits per heavy atom. The third kappa shape index (κ3) is 2.54. The largest absolute Gasteiger partial charge is 0.289 e. The molecular formula is C14H8ClNO2. The molecular weight excluding hydrogens is 250 g/mol. The van der Waals surface area contributed by atoms with Crippen molar-refractivity contribution in [2.45, 2.75) is 0 Å². The van der Waals surface area contributed by atoms with Crippen LogP contribution in [0.5, 0.6) is 0 Å². The van der Waals surface area contributed by atoms with Crippen molar-refractivity contribution in [3.63, 3.8) is 0 Å². The third-order valence-electron chi connectivity index (χ3n) is 2.41. The predicted molar refractivity (Wildman–Crippen MR) is 69.1 cm³/mol. The molecule has 0 spiro atoms. The Hall–Kier alpha value is -2.22. The summed E-state index contributed by atoms with van der Waals surface area (Å²) in [6.07, 6.45) is 1.43. The van der Waals surface area contributed by atoms with Crippen LogP contribution in [-0.2, 0) is 4.79 Å². The summed E-state index contributed by atoms with van der Waals surface area (Å²) in [7, 11) is 0. The van der Waals surface area contributed by atoms with Crippen LogP contribution in [0.4, 0.5) is 5.69 Å². The third-order valence-corrected chi connectivity index (χ3v) is 2.64. The van der Waals surface area contributed by atoms with Crippen molar-refractivity contribution in [1.29, 1.82) is 0 Å². The first kappa shape index (κ1) is 12.2. The number of hydrogen-bond acceptors (Lipinski definition) is 3. The Balaban J connectivity index is 2.53. The molecule has 0 heterocycles. The molecule has 2 rings (SSSR count). The summed E-state index contributed by atoms with van der Waals surface area (Å²) >= 11 is 5.86. The van der Waals surface area contributed by atoms with E-state index in [2.05, 4.69) is 4.99 Å². The maximum atomic E-state index is 12.2. The molecule has 0 N–H and O–H groups in total. The highest BCUT2D eigenvalue weighted by molar-refractivity contribution is 6.31. The van der Waals surface area contributed by atoms with Gasteiger partial charge in [-0.05, 0) is 18.2 Å². The van der Waals surface area contributed by atoms with Gasteiger partial charge >= 0.3 is 0 Å². The number of carbonyl (C=O) groups excluding carboxylic acids is 2. The minimum absolute atomic E-state index is 0.230. The predicted octanol–water partition coefficient (Wildman–Crippen LogP) is 3.54. The molecule has 0 saturated carbocycles.